The molecule has 0 saturated heterocycles. The molecule has 110 valence electrons. The molecule has 0 aliphatic rings. The number of esters is 1. The monoisotopic (exact) mass is 320 g/mol. The summed E-state index contributed by atoms with van der Waals surface area (Å²) in [5.41, 5.74) is 4.80. The predicted molar refractivity (Wildman–Crippen MR) is 71.8 cm³/mol. The number of nitrogens with two attached hydrogens (primary N) is 1. The van der Waals surface area contributed by atoms with Gasteiger partial charge in [-0.2, -0.15) is 0 Å². The summed E-state index contributed by atoms with van der Waals surface area (Å²) in [6.07, 6.45) is -1.15. The standard InChI is InChI=1S/C11H13ClN2O5S/c1-6(10(13)15)19-11(16)8-5-7(3-4-9(8)12)20(17,18)14-2/h3-6,14H,1-2H3,(H2,13,15)/t6-/m1/s1. The van der Waals surface area contributed by atoms with Crippen LogP contribution in [-0.2, 0) is 19.6 Å². The molecule has 3 N–H and O–H groups in total. The van der Waals surface area contributed by atoms with E-state index in [1.54, 1.807) is 0 Å². The van der Waals surface area contributed by atoms with Crippen LogP contribution in [0.4, 0.5) is 0 Å². The maximum atomic E-state index is 11.8. The van der Waals surface area contributed by atoms with Crippen molar-refractivity contribution >= 4 is 33.5 Å². The molecule has 0 fully saturated rings. The van der Waals surface area contributed by atoms with E-state index in [9.17, 15) is 18.0 Å². The Bertz CT molecular complexity index is 644. The summed E-state index contributed by atoms with van der Waals surface area (Å²) in [5.74, 6) is -1.76. The van der Waals surface area contributed by atoms with E-state index < -0.39 is 28.0 Å². The second-order valence-corrected chi connectivity index (χ2v) is 6.09. The van der Waals surface area contributed by atoms with Gasteiger partial charge in [0.15, 0.2) is 6.10 Å². The number of ether oxygens (including phenoxy) is 1. The number of amides is 1. The van der Waals surface area contributed by atoms with Crippen molar-refractivity contribution in [3.8, 4) is 0 Å². The molecule has 9 heteroatoms. The molecule has 0 radical (unpaired) electrons. The third-order valence-corrected chi connectivity index (χ3v) is 4.16. The fourth-order valence-corrected chi connectivity index (χ4v) is 2.18. The minimum Gasteiger partial charge on any atom is -0.449 e. The van der Waals surface area contributed by atoms with Gasteiger partial charge >= 0.3 is 5.97 Å². The van der Waals surface area contributed by atoms with Gasteiger partial charge in [0.25, 0.3) is 5.91 Å². The van der Waals surface area contributed by atoms with Crippen molar-refractivity contribution in [2.24, 2.45) is 5.73 Å². The number of rotatable bonds is 5. The van der Waals surface area contributed by atoms with Crippen LogP contribution < -0.4 is 10.5 Å². The van der Waals surface area contributed by atoms with E-state index in [0.717, 1.165) is 6.07 Å². The van der Waals surface area contributed by atoms with E-state index in [1.165, 1.54) is 26.1 Å². The van der Waals surface area contributed by atoms with E-state index in [0.29, 0.717) is 0 Å². The Hall–Kier alpha value is -1.64. The molecule has 0 spiro atoms. The average molecular weight is 321 g/mol. The Morgan fingerprint density at radius 2 is 2.00 bits per heavy atom. The summed E-state index contributed by atoms with van der Waals surface area (Å²) in [5, 5.41) is 0.00160. The fourth-order valence-electron chi connectivity index (χ4n) is 1.23. The molecule has 0 unspecified atom stereocenters. The van der Waals surface area contributed by atoms with Crippen LogP contribution in [0.5, 0.6) is 0 Å². The van der Waals surface area contributed by atoms with Crippen molar-refractivity contribution in [2.45, 2.75) is 17.9 Å². The van der Waals surface area contributed by atoms with Crippen LogP contribution in [0.25, 0.3) is 0 Å². The molecule has 0 aliphatic heterocycles. The van der Waals surface area contributed by atoms with Crippen LogP contribution in [-0.4, -0.2) is 33.4 Å². The van der Waals surface area contributed by atoms with Crippen molar-refractivity contribution in [3.63, 3.8) is 0 Å². The molecule has 0 heterocycles. The highest BCUT2D eigenvalue weighted by Gasteiger charge is 2.21. The van der Waals surface area contributed by atoms with E-state index in [2.05, 4.69) is 4.72 Å². The van der Waals surface area contributed by atoms with Crippen LogP contribution in [0.3, 0.4) is 0 Å². The van der Waals surface area contributed by atoms with Gasteiger partial charge in [-0.05, 0) is 32.2 Å². The van der Waals surface area contributed by atoms with Gasteiger partial charge in [-0.3, -0.25) is 4.79 Å². The van der Waals surface area contributed by atoms with Crippen molar-refractivity contribution in [1.82, 2.24) is 4.72 Å². The number of benzene rings is 1. The minimum atomic E-state index is -3.72. The molecule has 0 aliphatic carbocycles. The molecule has 0 bridgehead atoms. The van der Waals surface area contributed by atoms with Crippen LogP contribution in [0.2, 0.25) is 5.02 Å². The van der Waals surface area contributed by atoms with E-state index in [-0.39, 0.29) is 15.5 Å². The molecule has 0 aromatic heterocycles. The molecule has 1 aromatic rings. The molecule has 1 aromatic carbocycles. The maximum absolute atomic E-state index is 11.8. The van der Waals surface area contributed by atoms with Gasteiger partial charge in [0.1, 0.15) is 0 Å². The quantitative estimate of drug-likeness (QED) is 0.756. The largest absolute Gasteiger partial charge is 0.449 e. The third-order valence-electron chi connectivity index (χ3n) is 2.42. The number of halogens is 1. The Balaban J connectivity index is 3.15. The summed E-state index contributed by atoms with van der Waals surface area (Å²) in [4.78, 5) is 22.5. The number of primary amides is 1. The predicted octanol–water partition coefficient (Wildman–Crippen LogP) is 0.279. The van der Waals surface area contributed by atoms with Crippen LogP contribution in [0.15, 0.2) is 23.1 Å². The summed E-state index contributed by atoms with van der Waals surface area (Å²) in [6, 6.07) is 3.55. The highest BCUT2D eigenvalue weighted by molar-refractivity contribution is 7.89. The van der Waals surface area contributed by atoms with Gasteiger partial charge in [0, 0.05) is 0 Å². The van der Waals surface area contributed by atoms with Gasteiger partial charge in [0.2, 0.25) is 10.0 Å². The number of carbonyl (C=O) groups excluding carboxylic acids is 2. The average Bonchev–Trinajstić information content (AvgIpc) is 2.38. The Labute approximate surface area is 121 Å². The molecular weight excluding hydrogens is 308 g/mol. The van der Waals surface area contributed by atoms with Crippen LogP contribution in [0.1, 0.15) is 17.3 Å². The smallest absolute Gasteiger partial charge is 0.340 e. The SMILES string of the molecule is CNS(=O)(=O)c1ccc(Cl)c(C(=O)O[C@H](C)C(N)=O)c1. The zero-order chi connectivity index (χ0) is 15.5. The molecule has 1 amide bonds. The molecule has 1 atom stereocenters. The topological polar surface area (TPSA) is 116 Å². The van der Waals surface area contributed by atoms with E-state index >= 15 is 0 Å². The van der Waals surface area contributed by atoms with Crippen molar-refractivity contribution in [3.05, 3.63) is 28.8 Å². The summed E-state index contributed by atoms with van der Waals surface area (Å²) < 4.78 is 30.1. The summed E-state index contributed by atoms with van der Waals surface area (Å²) in [6.45, 7) is 1.29. The lowest BCUT2D eigenvalue weighted by Crippen LogP contribution is -2.30. The van der Waals surface area contributed by atoms with Crippen LogP contribution in [0, 0.1) is 0 Å². The summed E-state index contributed by atoms with van der Waals surface area (Å²) >= 11 is 5.82. The molecule has 7 nitrogen and oxygen atoms in total. The zero-order valence-corrected chi connectivity index (χ0v) is 12.3. The lowest BCUT2D eigenvalue weighted by molar-refractivity contribution is -0.125. The second-order valence-electron chi connectivity index (χ2n) is 3.80. The highest BCUT2D eigenvalue weighted by Crippen LogP contribution is 2.21. The van der Waals surface area contributed by atoms with Gasteiger partial charge in [-0.25, -0.2) is 17.9 Å². The Morgan fingerprint density at radius 3 is 2.50 bits per heavy atom. The summed E-state index contributed by atoms with van der Waals surface area (Å²) in [7, 11) is -2.49. The van der Waals surface area contributed by atoms with Gasteiger partial charge < -0.3 is 10.5 Å². The fraction of sp³-hybridized carbons (Fsp3) is 0.273. The number of nitrogens with one attached hydrogen (secondary N) is 1. The number of carbonyl (C=O) groups is 2. The lowest BCUT2D eigenvalue weighted by atomic mass is 10.2. The van der Waals surface area contributed by atoms with Crippen molar-refractivity contribution in [2.75, 3.05) is 7.05 Å². The number of hydrogen-bond acceptors (Lipinski definition) is 5. The maximum Gasteiger partial charge on any atom is 0.340 e. The molecule has 1 rings (SSSR count). The van der Waals surface area contributed by atoms with Crippen molar-refractivity contribution < 1.29 is 22.7 Å². The van der Waals surface area contributed by atoms with Gasteiger partial charge in [-0.15, -0.1) is 0 Å². The van der Waals surface area contributed by atoms with E-state index in [4.69, 9.17) is 22.1 Å². The minimum absolute atomic E-state index is 0.00160. The van der Waals surface area contributed by atoms with Gasteiger partial charge in [0.05, 0.1) is 15.5 Å². The highest BCUT2D eigenvalue weighted by atomic mass is 35.5. The molecule has 0 saturated carbocycles. The lowest BCUT2D eigenvalue weighted by Gasteiger charge is -2.11. The van der Waals surface area contributed by atoms with Crippen molar-refractivity contribution in [1.29, 1.82) is 0 Å². The Kier molecular flexibility index (Phi) is 5.09. The van der Waals surface area contributed by atoms with E-state index in [1.807, 2.05) is 0 Å². The second kappa shape index (κ2) is 6.21. The first-order valence-electron chi connectivity index (χ1n) is 5.42. The number of hydrogen-bond donors (Lipinski definition) is 2. The Morgan fingerprint density at radius 1 is 1.40 bits per heavy atom. The third kappa shape index (κ3) is 3.69. The molecular formula is C11H13ClN2O5S. The first-order chi connectivity index (χ1) is 9.19. The normalized spacial score (nSPS) is 12.8. The first-order valence-corrected chi connectivity index (χ1v) is 7.28. The molecule has 20 heavy (non-hydrogen) atoms. The van der Waals surface area contributed by atoms with Gasteiger partial charge in [-0.1, -0.05) is 11.6 Å². The first kappa shape index (κ1) is 16.4. The zero-order valence-electron chi connectivity index (χ0n) is 10.7. The number of sulfonamides is 1. The van der Waals surface area contributed by atoms with Crippen LogP contribution >= 0.6 is 11.6 Å².